The van der Waals surface area contributed by atoms with Gasteiger partial charge >= 0.3 is 5.97 Å². The lowest BCUT2D eigenvalue weighted by atomic mass is 10.2. The third kappa shape index (κ3) is 2.27. The Kier molecular flexibility index (Phi) is 3.17. The van der Waals surface area contributed by atoms with Crippen molar-refractivity contribution in [3.05, 3.63) is 29.8 Å². The molecular weight excluding hydrogens is 290 g/mol. The Morgan fingerprint density at radius 1 is 1.33 bits per heavy atom. The molecule has 3 heterocycles. The van der Waals surface area contributed by atoms with E-state index in [9.17, 15) is 9.90 Å². The van der Waals surface area contributed by atoms with Crippen molar-refractivity contribution in [2.24, 2.45) is 14.1 Å². The van der Waals surface area contributed by atoms with Gasteiger partial charge in [-0.15, -0.1) is 0 Å². The number of hydrogen-bond acceptors (Lipinski definition) is 5. The van der Waals surface area contributed by atoms with Crippen molar-refractivity contribution < 1.29 is 9.90 Å². The van der Waals surface area contributed by atoms with Crippen LogP contribution in [0.3, 0.4) is 0 Å². The average molecular weight is 303 g/mol. The number of nitrogens with zero attached hydrogens (tertiary/aromatic N) is 5. The molecule has 0 saturated carbocycles. The van der Waals surface area contributed by atoms with Gasteiger partial charge in [-0.05, 0) is 6.92 Å². The SMILES string of the molecule is Cc1nn(C)c2ncc(C(=O)O)c(Sc3cnn(C)c3)c12. The summed E-state index contributed by atoms with van der Waals surface area (Å²) < 4.78 is 3.33. The molecule has 0 bridgehead atoms. The number of aromatic nitrogens is 5. The minimum atomic E-state index is -1.00. The lowest BCUT2D eigenvalue weighted by Gasteiger charge is -2.06. The summed E-state index contributed by atoms with van der Waals surface area (Å²) in [5.41, 5.74) is 1.60. The Morgan fingerprint density at radius 2 is 2.10 bits per heavy atom. The largest absolute Gasteiger partial charge is 0.478 e. The Hall–Kier alpha value is -2.35. The van der Waals surface area contributed by atoms with Crippen molar-refractivity contribution in [2.75, 3.05) is 0 Å². The first-order valence-corrected chi connectivity index (χ1v) is 7.01. The van der Waals surface area contributed by atoms with E-state index in [4.69, 9.17) is 0 Å². The molecule has 0 saturated heterocycles. The summed E-state index contributed by atoms with van der Waals surface area (Å²) in [5, 5.41) is 18.6. The number of aryl methyl sites for hydroxylation is 3. The van der Waals surface area contributed by atoms with Crippen LogP contribution in [0.2, 0.25) is 0 Å². The van der Waals surface area contributed by atoms with Crippen LogP contribution < -0.4 is 0 Å². The summed E-state index contributed by atoms with van der Waals surface area (Å²) in [6.45, 7) is 1.85. The van der Waals surface area contributed by atoms with Crippen molar-refractivity contribution in [2.45, 2.75) is 16.7 Å². The molecule has 108 valence electrons. The van der Waals surface area contributed by atoms with E-state index in [0.29, 0.717) is 10.5 Å². The molecule has 3 aromatic rings. The molecule has 1 N–H and O–H groups in total. The van der Waals surface area contributed by atoms with E-state index < -0.39 is 5.97 Å². The second-order valence-electron chi connectivity index (χ2n) is 4.67. The van der Waals surface area contributed by atoms with Crippen LogP contribution in [0.25, 0.3) is 11.0 Å². The number of fused-ring (bicyclic) bond motifs is 1. The van der Waals surface area contributed by atoms with Gasteiger partial charge in [-0.2, -0.15) is 10.2 Å². The van der Waals surface area contributed by atoms with E-state index in [-0.39, 0.29) is 5.56 Å². The zero-order valence-electron chi connectivity index (χ0n) is 11.7. The molecule has 7 nitrogen and oxygen atoms in total. The zero-order chi connectivity index (χ0) is 15.1. The third-order valence-corrected chi connectivity index (χ3v) is 4.19. The van der Waals surface area contributed by atoms with E-state index in [0.717, 1.165) is 16.0 Å². The van der Waals surface area contributed by atoms with Gasteiger partial charge in [0.15, 0.2) is 5.65 Å². The van der Waals surface area contributed by atoms with Gasteiger partial charge in [0.25, 0.3) is 0 Å². The van der Waals surface area contributed by atoms with Crippen LogP contribution in [0, 0.1) is 6.92 Å². The van der Waals surface area contributed by atoms with Gasteiger partial charge in [0, 0.05) is 31.4 Å². The first kappa shape index (κ1) is 13.6. The summed E-state index contributed by atoms with van der Waals surface area (Å²) in [4.78, 5) is 17.2. The van der Waals surface area contributed by atoms with Crippen LogP contribution in [0.1, 0.15) is 16.1 Å². The van der Waals surface area contributed by atoms with Gasteiger partial charge in [-0.25, -0.2) is 9.78 Å². The molecule has 0 aliphatic carbocycles. The van der Waals surface area contributed by atoms with Crippen LogP contribution in [-0.2, 0) is 14.1 Å². The molecule has 3 aromatic heterocycles. The summed E-state index contributed by atoms with van der Waals surface area (Å²) >= 11 is 1.36. The van der Waals surface area contributed by atoms with Gasteiger partial charge < -0.3 is 5.11 Å². The maximum Gasteiger partial charge on any atom is 0.338 e. The number of hydrogen-bond donors (Lipinski definition) is 1. The molecule has 0 radical (unpaired) electrons. The third-order valence-electron chi connectivity index (χ3n) is 3.11. The van der Waals surface area contributed by atoms with Crippen LogP contribution >= 0.6 is 11.8 Å². The van der Waals surface area contributed by atoms with Crippen molar-refractivity contribution >= 4 is 28.8 Å². The van der Waals surface area contributed by atoms with Crippen molar-refractivity contribution in [1.29, 1.82) is 0 Å². The molecule has 0 aromatic carbocycles. The number of carbonyl (C=O) groups is 1. The lowest BCUT2D eigenvalue weighted by Crippen LogP contribution is -2.01. The highest BCUT2D eigenvalue weighted by molar-refractivity contribution is 7.99. The first-order chi connectivity index (χ1) is 9.97. The van der Waals surface area contributed by atoms with Gasteiger partial charge in [0.2, 0.25) is 0 Å². The topological polar surface area (TPSA) is 85.8 Å². The van der Waals surface area contributed by atoms with E-state index in [1.165, 1.54) is 18.0 Å². The fraction of sp³-hybridized carbons (Fsp3) is 0.231. The second kappa shape index (κ2) is 4.88. The molecule has 21 heavy (non-hydrogen) atoms. The predicted octanol–water partition coefficient (Wildman–Crippen LogP) is 1.86. The quantitative estimate of drug-likeness (QED) is 0.795. The maximum absolute atomic E-state index is 11.5. The van der Waals surface area contributed by atoms with E-state index in [1.54, 1.807) is 22.6 Å². The molecule has 0 amide bonds. The van der Waals surface area contributed by atoms with Gasteiger partial charge in [0.1, 0.15) is 0 Å². The summed E-state index contributed by atoms with van der Waals surface area (Å²) in [7, 11) is 3.61. The Morgan fingerprint density at radius 3 is 2.71 bits per heavy atom. The highest BCUT2D eigenvalue weighted by Gasteiger charge is 2.20. The van der Waals surface area contributed by atoms with Gasteiger partial charge in [0.05, 0.1) is 27.7 Å². The van der Waals surface area contributed by atoms with Crippen LogP contribution in [-0.4, -0.2) is 35.6 Å². The maximum atomic E-state index is 11.5. The van der Waals surface area contributed by atoms with Crippen LogP contribution in [0.4, 0.5) is 0 Å². The standard InChI is InChI=1S/C13H13N5O2S/c1-7-10-11(21-8-4-15-17(2)6-8)9(13(19)20)5-14-12(10)18(3)16-7/h4-6H,1-3H3,(H,19,20). The summed E-state index contributed by atoms with van der Waals surface area (Å²) in [6, 6.07) is 0. The van der Waals surface area contributed by atoms with E-state index >= 15 is 0 Å². The summed E-state index contributed by atoms with van der Waals surface area (Å²) in [5.74, 6) is -1.00. The molecule has 0 atom stereocenters. The fourth-order valence-corrected chi connectivity index (χ4v) is 3.34. The van der Waals surface area contributed by atoms with Crippen LogP contribution in [0.15, 0.2) is 28.4 Å². The number of carboxylic acids is 1. The highest BCUT2D eigenvalue weighted by Crippen LogP contribution is 2.36. The van der Waals surface area contributed by atoms with E-state index in [1.807, 2.05) is 20.2 Å². The Balaban J connectivity index is 2.25. The first-order valence-electron chi connectivity index (χ1n) is 6.19. The molecule has 0 fully saturated rings. The Bertz CT molecular complexity index is 852. The molecule has 0 aliphatic rings. The molecule has 0 aliphatic heterocycles. The number of carboxylic acid groups (broad SMARTS) is 1. The molecular formula is C13H13N5O2S. The van der Waals surface area contributed by atoms with Gasteiger partial charge in [-0.3, -0.25) is 9.36 Å². The van der Waals surface area contributed by atoms with Crippen molar-refractivity contribution in [1.82, 2.24) is 24.5 Å². The Labute approximate surface area is 124 Å². The highest BCUT2D eigenvalue weighted by atomic mass is 32.2. The number of aromatic carboxylic acids is 1. The molecule has 0 unspecified atom stereocenters. The lowest BCUT2D eigenvalue weighted by molar-refractivity contribution is 0.0693. The smallest absolute Gasteiger partial charge is 0.338 e. The fourth-order valence-electron chi connectivity index (χ4n) is 2.21. The number of rotatable bonds is 3. The van der Waals surface area contributed by atoms with Crippen molar-refractivity contribution in [3.63, 3.8) is 0 Å². The van der Waals surface area contributed by atoms with E-state index in [2.05, 4.69) is 15.2 Å². The molecule has 8 heteroatoms. The normalized spacial score (nSPS) is 11.2. The predicted molar refractivity (Wildman–Crippen MR) is 77.5 cm³/mol. The minimum Gasteiger partial charge on any atom is -0.478 e. The monoisotopic (exact) mass is 303 g/mol. The summed E-state index contributed by atoms with van der Waals surface area (Å²) in [6.07, 6.45) is 4.92. The average Bonchev–Trinajstić information content (AvgIpc) is 2.94. The minimum absolute atomic E-state index is 0.174. The number of pyridine rings is 1. The zero-order valence-corrected chi connectivity index (χ0v) is 12.5. The second-order valence-corrected chi connectivity index (χ2v) is 5.75. The molecule has 3 rings (SSSR count). The van der Waals surface area contributed by atoms with Crippen molar-refractivity contribution in [3.8, 4) is 0 Å². The molecule has 0 spiro atoms. The van der Waals surface area contributed by atoms with Crippen LogP contribution in [0.5, 0.6) is 0 Å². The van der Waals surface area contributed by atoms with Gasteiger partial charge in [-0.1, -0.05) is 11.8 Å².